The van der Waals surface area contributed by atoms with Gasteiger partial charge in [-0.25, -0.2) is 8.42 Å². The van der Waals surface area contributed by atoms with Gasteiger partial charge in [0.05, 0.1) is 4.90 Å². The van der Waals surface area contributed by atoms with Crippen LogP contribution in [-0.4, -0.2) is 20.5 Å². The van der Waals surface area contributed by atoms with E-state index in [2.05, 4.69) is 15.9 Å². The molecular formula is C12H13BrO4S. The van der Waals surface area contributed by atoms with Crippen molar-refractivity contribution in [3.05, 3.63) is 40.2 Å². The smallest absolute Gasteiger partial charge is 0.303 e. The summed E-state index contributed by atoms with van der Waals surface area (Å²) in [6, 6.07) is 6.30. The average molecular weight is 333 g/mol. The van der Waals surface area contributed by atoms with Crippen LogP contribution < -0.4 is 0 Å². The van der Waals surface area contributed by atoms with Gasteiger partial charge in [-0.2, -0.15) is 0 Å². The normalized spacial score (nSPS) is 13.5. The number of esters is 1. The van der Waals surface area contributed by atoms with Crippen molar-refractivity contribution in [1.82, 2.24) is 0 Å². The van der Waals surface area contributed by atoms with Crippen LogP contribution in [0, 0.1) is 0 Å². The predicted molar refractivity (Wildman–Crippen MR) is 71.7 cm³/mol. The zero-order valence-electron chi connectivity index (χ0n) is 9.96. The second-order valence-corrected chi connectivity index (χ2v) is 6.39. The van der Waals surface area contributed by atoms with Gasteiger partial charge in [-0.15, -0.1) is 0 Å². The van der Waals surface area contributed by atoms with E-state index in [1.807, 2.05) is 0 Å². The Morgan fingerprint density at radius 2 is 1.89 bits per heavy atom. The number of rotatable bonds is 4. The van der Waals surface area contributed by atoms with E-state index in [4.69, 9.17) is 4.74 Å². The second kappa shape index (κ2) is 6.15. The minimum atomic E-state index is -3.50. The number of ether oxygens (including phenoxy) is 1. The monoisotopic (exact) mass is 332 g/mol. The molecule has 0 fully saturated rings. The van der Waals surface area contributed by atoms with Gasteiger partial charge in [-0.3, -0.25) is 4.79 Å². The first-order chi connectivity index (χ1) is 8.31. The fourth-order valence-electron chi connectivity index (χ4n) is 1.22. The molecular weight excluding hydrogens is 320 g/mol. The molecule has 6 heteroatoms. The first-order valence-corrected chi connectivity index (χ1v) is 7.51. The maximum atomic E-state index is 11.9. The molecule has 1 rings (SSSR count). The molecule has 0 saturated heterocycles. The Labute approximate surface area is 115 Å². The highest BCUT2D eigenvalue weighted by molar-refractivity contribution is 9.10. The second-order valence-electron chi connectivity index (χ2n) is 3.64. The number of halogens is 1. The molecule has 0 saturated carbocycles. The molecule has 1 unspecified atom stereocenters. The Hall–Kier alpha value is -1.14. The van der Waals surface area contributed by atoms with Crippen LogP contribution in [0.1, 0.15) is 13.8 Å². The number of hydrogen-bond acceptors (Lipinski definition) is 4. The lowest BCUT2D eigenvalue weighted by atomic mass is 10.4. The molecule has 98 valence electrons. The summed E-state index contributed by atoms with van der Waals surface area (Å²) < 4.78 is 29.4. The van der Waals surface area contributed by atoms with Crippen LogP contribution in [0.4, 0.5) is 0 Å². The molecule has 0 heterocycles. The van der Waals surface area contributed by atoms with Crippen molar-refractivity contribution >= 4 is 31.7 Å². The molecule has 0 aliphatic rings. The van der Waals surface area contributed by atoms with E-state index in [0.717, 1.165) is 9.88 Å². The molecule has 1 aromatic carbocycles. The molecule has 0 aliphatic heterocycles. The number of carbonyl (C=O) groups is 1. The van der Waals surface area contributed by atoms with Crippen LogP contribution in [0.25, 0.3) is 0 Å². The molecule has 0 bridgehead atoms. The summed E-state index contributed by atoms with van der Waals surface area (Å²) in [6.45, 7) is 2.86. The summed E-state index contributed by atoms with van der Waals surface area (Å²) in [5.41, 5.74) is 0. The van der Waals surface area contributed by atoms with E-state index >= 15 is 0 Å². The zero-order chi connectivity index (χ0) is 13.8. The van der Waals surface area contributed by atoms with E-state index in [-0.39, 0.29) is 4.90 Å². The first kappa shape index (κ1) is 14.9. The summed E-state index contributed by atoms with van der Waals surface area (Å²) in [4.78, 5) is 10.9. The standard InChI is InChI=1S/C12H13BrO4S/c1-9(17-10(2)14)7-8-18(15,16)12-5-3-11(13)4-6-12/h3-9H,1-2H3/b8-7-. The van der Waals surface area contributed by atoms with Gasteiger partial charge < -0.3 is 4.74 Å². The van der Waals surface area contributed by atoms with Crippen LogP contribution in [0.15, 0.2) is 45.1 Å². The van der Waals surface area contributed by atoms with Crippen LogP contribution in [0.2, 0.25) is 0 Å². The Kier molecular flexibility index (Phi) is 5.10. The highest BCUT2D eigenvalue weighted by Crippen LogP contribution is 2.16. The molecule has 0 radical (unpaired) electrons. The average Bonchev–Trinajstić information content (AvgIpc) is 2.26. The highest BCUT2D eigenvalue weighted by atomic mass is 79.9. The molecule has 1 aromatic rings. The fourth-order valence-corrected chi connectivity index (χ4v) is 2.58. The van der Waals surface area contributed by atoms with Gasteiger partial charge in [0.2, 0.25) is 0 Å². The van der Waals surface area contributed by atoms with Gasteiger partial charge in [-0.1, -0.05) is 15.9 Å². The number of benzene rings is 1. The SMILES string of the molecule is CC(=O)OC(C)/C=C\S(=O)(=O)c1ccc(Br)cc1. The van der Waals surface area contributed by atoms with E-state index in [9.17, 15) is 13.2 Å². The third-order valence-corrected chi connectivity index (χ3v) is 4.00. The van der Waals surface area contributed by atoms with Crippen LogP contribution >= 0.6 is 15.9 Å². The molecule has 0 N–H and O–H groups in total. The van der Waals surface area contributed by atoms with Crippen molar-refractivity contribution in [2.75, 3.05) is 0 Å². The predicted octanol–water partition coefficient (Wildman–Crippen LogP) is 2.69. The van der Waals surface area contributed by atoms with Crippen molar-refractivity contribution < 1.29 is 17.9 Å². The van der Waals surface area contributed by atoms with Gasteiger partial charge in [0, 0.05) is 16.8 Å². The van der Waals surface area contributed by atoms with Gasteiger partial charge in [0.1, 0.15) is 6.10 Å². The summed E-state index contributed by atoms with van der Waals surface area (Å²) >= 11 is 3.23. The maximum absolute atomic E-state index is 11.9. The third-order valence-electron chi connectivity index (χ3n) is 2.02. The van der Waals surface area contributed by atoms with Gasteiger partial charge in [0.15, 0.2) is 9.84 Å². The number of hydrogen-bond donors (Lipinski definition) is 0. The Bertz CT molecular complexity index is 546. The largest absolute Gasteiger partial charge is 0.459 e. The van der Waals surface area contributed by atoms with E-state index in [1.54, 1.807) is 19.1 Å². The molecule has 0 amide bonds. The van der Waals surface area contributed by atoms with E-state index in [1.165, 1.54) is 25.1 Å². The summed E-state index contributed by atoms with van der Waals surface area (Å²) in [7, 11) is -3.50. The molecule has 0 spiro atoms. The first-order valence-electron chi connectivity index (χ1n) is 5.17. The highest BCUT2D eigenvalue weighted by Gasteiger charge is 2.11. The van der Waals surface area contributed by atoms with Crippen LogP contribution in [0.5, 0.6) is 0 Å². The van der Waals surface area contributed by atoms with Gasteiger partial charge >= 0.3 is 5.97 Å². The minimum absolute atomic E-state index is 0.192. The number of carbonyl (C=O) groups excluding carboxylic acids is 1. The van der Waals surface area contributed by atoms with Crippen molar-refractivity contribution in [2.24, 2.45) is 0 Å². The van der Waals surface area contributed by atoms with Gasteiger partial charge in [-0.05, 0) is 37.3 Å². The van der Waals surface area contributed by atoms with Crippen molar-refractivity contribution in [3.8, 4) is 0 Å². The number of sulfone groups is 1. The third kappa shape index (κ3) is 4.62. The Balaban J connectivity index is 2.85. The minimum Gasteiger partial charge on any atom is -0.459 e. The quantitative estimate of drug-likeness (QED) is 0.795. The van der Waals surface area contributed by atoms with Crippen molar-refractivity contribution in [1.29, 1.82) is 0 Å². The van der Waals surface area contributed by atoms with Crippen molar-refractivity contribution in [2.45, 2.75) is 24.8 Å². The maximum Gasteiger partial charge on any atom is 0.303 e. The molecule has 1 atom stereocenters. The van der Waals surface area contributed by atoms with E-state index in [0.29, 0.717) is 0 Å². The molecule has 4 nitrogen and oxygen atoms in total. The van der Waals surface area contributed by atoms with Crippen LogP contribution in [0.3, 0.4) is 0 Å². The van der Waals surface area contributed by atoms with Crippen molar-refractivity contribution in [3.63, 3.8) is 0 Å². The molecule has 0 aliphatic carbocycles. The summed E-state index contributed by atoms with van der Waals surface area (Å²) in [5, 5.41) is 1.05. The topological polar surface area (TPSA) is 60.4 Å². The van der Waals surface area contributed by atoms with Gasteiger partial charge in [0.25, 0.3) is 0 Å². The van der Waals surface area contributed by atoms with Crippen LogP contribution in [-0.2, 0) is 19.4 Å². The molecule has 0 aromatic heterocycles. The van der Waals surface area contributed by atoms with E-state index < -0.39 is 21.9 Å². The molecule has 18 heavy (non-hydrogen) atoms. The summed E-state index contributed by atoms with van der Waals surface area (Å²) in [5.74, 6) is -0.451. The Morgan fingerprint density at radius 3 is 2.39 bits per heavy atom. The fraction of sp³-hybridized carbons (Fsp3) is 0.250. The zero-order valence-corrected chi connectivity index (χ0v) is 12.4. The summed E-state index contributed by atoms with van der Waals surface area (Å²) in [6.07, 6.45) is 0.756. The lowest BCUT2D eigenvalue weighted by Gasteiger charge is -2.06. The Morgan fingerprint density at radius 1 is 1.33 bits per heavy atom. The lowest BCUT2D eigenvalue weighted by molar-refractivity contribution is -0.143. The lowest BCUT2D eigenvalue weighted by Crippen LogP contribution is -2.09.